The fraction of sp³-hybridized carbons (Fsp3) is 0.316. The molecule has 1 N–H and O–H groups in total. The van der Waals surface area contributed by atoms with E-state index in [1.807, 2.05) is 24.4 Å². The number of carbonyl (C=O) groups is 1. The lowest BCUT2D eigenvalue weighted by Gasteiger charge is -2.34. The van der Waals surface area contributed by atoms with Gasteiger partial charge in [0.05, 0.1) is 23.9 Å². The first-order valence-corrected chi connectivity index (χ1v) is 8.37. The van der Waals surface area contributed by atoms with Crippen LogP contribution in [-0.2, 0) is 11.3 Å². The lowest BCUT2D eigenvalue weighted by atomic mass is 10.2. The second kappa shape index (κ2) is 8.38. The van der Waals surface area contributed by atoms with E-state index in [1.54, 1.807) is 24.3 Å². The Hall–Kier alpha value is -2.75. The molecule has 2 aromatic rings. The number of amides is 1. The maximum absolute atomic E-state index is 12.2. The quantitative estimate of drug-likeness (QED) is 0.900. The molecule has 0 atom stereocenters. The summed E-state index contributed by atoms with van der Waals surface area (Å²) in [5.74, 6) is -0.0251. The number of hydrogen-bond acceptors (Lipinski definition) is 5. The molecule has 128 valence electrons. The van der Waals surface area contributed by atoms with Crippen molar-refractivity contribution in [1.29, 1.82) is 5.26 Å². The maximum atomic E-state index is 12.2. The van der Waals surface area contributed by atoms with Crippen molar-refractivity contribution in [2.75, 3.05) is 38.0 Å². The van der Waals surface area contributed by atoms with Gasteiger partial charge < -0.3 is 5.32 Å². The van der Waals surface area contributed by atoms with Gasteiger partial charge >= 0.3 is 0 Å². The van der Waals surface area contributed by atoms with Crippen LogP contribution in [0.1, 0.15) is 11.3 Å². The molecule has 25 heavy (non-hydrogen) atoms. The van der Waals surface area contributed by atoms with Crippen molar-refractivity contribution in [3.8, 4) is 6.07 Å². The molecule has 0 saturated carbocycles. The van der Waals surface area contributed by atoms with E-state index in [1.165, 1.54) is 0 Å². The van der Waals surface area contributed by atoms with Gasteiger partial charge in [-0.1, -0.05) is 6.07 Å². The van der Waals surface area contributed by atoms with E-state index in [0.29, 0.717) is 12.1 Å². The average molecular weight is 335 g/mol. The first kappa shape index (κ1) is 17.1. The number of piperazine rings is 1. The molecule has 1 aliphatic heterocycles. The number of hydrogen-bond donors (Lipinski definition) is 1. The average Bonchev–Trinajstić information content (AvgIpc) is 2.65. The minimum absolute atomic E-state index is 0.0251. The van der Waals surface area contributed by atoms with Gasteiger partial charge in [-0.3, -0.25) is 19.6 Å². The fourth-order valence-electron chi connectivity index (χ4n) is 2.86. The number of anilines is 1. The van der Waals surface area contributed by atoms with Crippen LogP contribution >= 0.6 is 0 Å². The molecule has 0 unspecified atom stereocenters. The van der Waals surface area contributed by atoms with E-state index in [9.17, 15) is 4.79 Å². The Morgan fingerprint density at radius 1 is 1.08 bits per heavy atom. The minimum Gasteiger partial charge on any atom is -0.325 e. The molecule has 3 rings (SSSR count). The predicted octanol–water partition coefficient (Wildman–Crippen LogP) is 1.71. The van der Waals surface area contributed by atoms with E-state index >= 15 is 0 Å². The minimum atomic E-state index is -0.0251. The second-order valence-electron chi connectivity index (χ2n) is 6.11. The third kappa shape index (κ3) is 5.11. The normalized spacial score (nSPS) is 15.5. The zero-order valence-corrected chi connectivity index (χ0v) is 14.1. The summed E-state index contributed by atoms with van der Waals surface area (Å²) in [5, 5.41) is 11.7. The third-order valence-corrected chi connectivity index (χ3v) is 4.24. The van der Waals surface area contributed by atoms with Crippen LogP contribution in [0.4, 0.5) is 5.69 Å². The molecule has 1 fully saturated rings. The van der Waals surface area contributed by atoms with Crippen molar-refractivity contribution in [3.63, 3.8) is 0 Å². The zero-order chi connectivity index (χ0) is 17.5. The maximum Gasteiger partial charge on any atom is 0.238 e. The molecule has 6 heteroatoms. The van der Waals surface area contributed by atoms with Gasteiger partial charge in [-0.25, -0.2) is 0 Å². The van der Waals surface area contributed by atoms with E-state index in [2.05, 4.69) is 26.2 Å². The van der Waals surface area contributed by atoms with Crippen LogP contribution in [-0.4, -0.2) is 53.4 Å². The lowest BCUT2D eigenvalue weighted by Crippen LogP contribution is -2.48. The van der Waals surface area contributed by atoms with Crippen molar-refractivity contribution in [3.05, 3.63) is 59.9 Å². The van der Waals surface area contributed by atoms with Crippen molar-refractivity contribution < 1.29 is 4.79 Å². The van der Waals surface area contributed by atoms with Crippen LogP contribution in [0.25, 0.3) is 0 Å². The van der Waals surface area contributed by atoms with Crippen molar-refractivity contribution in [1.82, 2.24) is 14.8 Å². The highest BCUT2D eigenvalue weighted by Gasteiger charge is 2.19. The Balaban J connectivity index is 1.42. The number of pyridine rings is 1. The molecule has 1 saturated heterocycles. The standard InChI is InChI=1S/C19H21N5O/c20-13-16-4-6-17(7-5-16)22-19(25)15-24-11-9-23(10-12-24)14-18-3-1-2-8-21-18/h1-8H,9-12,14-15H2,(H,22,25). The van der Waals surface area contributed by atoms with Gasteiger partial charge in [-0.15, -0.1) is 0 Å². The lowest BCUT2D eigenvalue weighted by molar-refractivity contribution is -0.117. The third-order valence-electron chi connectivity index (χ3n) is 4.24. The smallest absolute Gasteiger partial charge is 0.238 e. The first-order chi connectivity index (χ1) is 12.2. The van der Waals surface area contributed by atoms with Crippen LogP contribution in [0.5, 0.6) is 0 Å². The fourth-order valence-corrected chi connectivity index (χ4v) is 2.86. The number of benzene rings is 1. The number of nitriles is 1. The molecule has 1 aliphatic rings. The summed E-state index contributed by atoms with van der Waals surface area (Å²) >= 11 is 0. The van der Waals surface area contributed by atoms with E-state index < -0.39 is 0 Å². The first-order valence-electron chi connectivity index (χ1n) is 8.37. The highest BCUT2D eigenvalue weighted by atomic mass is 16.2. The molecular weight excluding hydrogens is 314 g/mol. The molecule has 1 aromatic heterocycles. The van der Waals surface area contributed by atoms with Crippen LogP contribution in [0.15, 0.2) is 48.7 Å². The van der Waals surface area contributed by atoms with Crippen molar-refractivity contribution in [2.45, 2.75) is 6.54 Å². The second-order valence-corrected chi connectivity index (χ2v) is 6.11. The Kier molecular flexibility index (Phi) is 5.73. The molecule has 1 amide bonds. The highest BCUT2D eigenvalue weighted by molar-refractivity contribution is 5.92. The summed E-state index contributed by atoms with van der Waals surface area (Å²) < 4.78 is 0. The molecule has 1 aromatic carbocycles. The van der Waals surface area contributed by atoms with Gasteiger partial charge in [-0.2, -0.15) is 5.26 Å². The molecule has 0 spiro atoms. The van der Waals surface area contributed by atoms with E-state index in [0.717, 1.165) is 44.1 Å². The summed E-state index contributed by atoms with van der Waals surface area (Å²) in [6.45, 7) is 4.84. The summed E-state index contributed by atoms with van der Waals surface area (Å²) in [7, 11) is 0. The van der Waals surface area contributed by atoms with Gasteiger partial charge in [0.1, 0.15) is 0 Å². The Labute approximate surface area is 147 Å². The zero-order valence-electron chi connectivity index (χ0n) is 14.1. The molecule has 0 aliphatic carbocycles. The predicted molar refractivity (Wildman–Crippen MR) is 95.7 cm³/mol. The highest BCUT2D eigenvalue weighted by Crippen LogP contribution is 2.10. The van der Waals surface area contributed by atoms with E-state index in [4.69, 9.17) is 5.26 Å². The number of aromatic nitrogens is 1. The van der Waals surface area contributed by atoms with Gasteiger partial charge in [0.2, 0.25) is 5.91 Å². The van der Waals surface area contributed by atoms with Crippen molar-refractivity contribution >= 4 is 11.6 Å². The summed E-state index contributed by atoms with van der Waals surface area (Å²) in [6, 6.07) is 14.9. The molecule has 2 heterocycles. The Morgan fingerprint density at radius 2 is 1.80 bits per heavy atom. The largest absolute Gasteiger partial charge is 0.325 e. The molecule has 6 nitrogen and oxygen atoms in total. The number of nitrogens with zero attached hydrogens (tertiary/aromatic N) is 4. The van der Waals surface area contributed by atoms with Gasteiger partial charge in [0, 0.05) is 44.6 Å². The summed E-state index contributed by atoms with van der Waals surface area (Å²) in [6.07, 6.45) is 1.82. The number of rotatable bonds is 5. The van der Waals surface area contributed by atoms with Crippen LogP contribution in [0, 0.1) is 11.3 Å². The van der Waals surface area contributed by atoms with Crippen LogP contribution < -0.4 is 5.32 Å². The number of nitrogens with one attached hydrogen (secondary N) is 1. The molecule has 0 bridgehead atoms. The van der Waals surface area contributed by atoms with Gasteiger partial charge in [0.25, 0.3) is 0 Å². The van der Waals surface area contributed by atoms with Gasteiger partial charge in [-0.05, 0) is 36.4 Å². The molecule has 0 radical (unpaired) electrons. The Morgan fingerprint density at radius 3 is 2.44 bits per heavy atom. The Bertz CT molecular complexity index is 731. The van der Waals surface area contributed by atoms with Crippen LogP contribution in [0.3, 0.4) is 0 Å². The topological polar surface area (TPSA) is 72.3 Å². The SMILES string of the molecule is N#Cc1ccc(NC(=O)CN2CCN(Cc3ccccn3)CC2)cc1. The van der Waals surface area contributed by atoms with Crippen molar-refractivity contribution in [2.24, 2.45) is 0 Å². The van der Waals surface area contributed by atoms with Crippen LogP contribution in [0.2, 0.25) is 0 Å². The van der Waals surface area contributed by atoms with Gasteiger partial charge in [0.15, 0.2) is 0 Å². The summed E-state index contributed by atoms with van der Waals surface area (Å²) in [4.78, 5) is 21.0. The van der Waals surface area contributed by atoms with E-state index in [-0.39, 0.29) is 5.91 Å². The summed E-state index contributed by atoms with van der Waals surface area (Å²) in [5.41, 5.74) is 2.38. The number of carbonyl (C=O) groups excluding carboxylic acids is 1. The molecular formula is C19H21N5O. The monoisotopic (exact) mass is 335 g/mol.